The lowest BCUT2D eigenvalue weighted by Gasteiger charge is -2.23. The summed E-state index contributed by atoms with van der Waals surface area (Å²) in [5.41, 5.74) is 5.69. The highest BCUT2D eigenvalue weighted by Gasteiger charge is 2.30. The molecule has 0 rings (SSSR count). The van der Waals surface area contributed by atoms with E-state index >= 15 is 0 Å². The van der Waals surface area contributed by atoms with Crippen molar-refractivity contribution in [2.45, 2.75) is 37.0 Å². The molecule has 12 nitrogen and oxygen atoms in total. The number of aliphatic hydroxyl groups is 1. The molecule has 14 heteroatoms. The van der Waals surface area contributed by atoms with Gasteiger partial charge in [-0.05, 0) is 18.4 Å². The van der Waals surface area contributed by atoms with E-state index < -0.39 is 66.9 Å². The molecule has 4 unspecified atom stereocenters. The summed E-state index contributed by atoms with van der Waals surface area (Å²) in [7, 11) is 0. The summed E-state index contributed by atoms with van der Waals surface area (Å²) < 4.78 is 0. The van der Waals surface area contributed by atoms with Crippen LogP contribution < -0.4 is 21.7 Å². The van der Waals surface area contributed by atoms with Crippen molar-refractivity contribution >= 4 is 54.1 Å². The van der Waals surface area contributed by atoms with E-state index in [4.69, 9.17) is 15.9 Å². The van der Waals surface area contributed by atoms with Crippen LogP contribution in [0.4, 0.5) is 0 Å². The van der Waals surface area contributed by atoms with E-state index in [1.54, 1.807) is 0 Å². The predicted molar refractivity (Wildman–Crippen MR) is 108 cm³/mol. The summed E-state index contributed by atoms with van der Waals surface area (Å²) in [6, 6.07) is -5.33. The van der Waals surface area contributed by atoms with E-state index in [1.165, 1.54) is 11.8 Å². The third-order valence-electron chi connectivity index (χ3n) is 3.59. The van der Waals surface area contributed by atoms with Gasteiger partial charge in [-0.25, -0.2) is 4.79 Å². The lowest BCUT2D eigenvalue weighted by atomic mass is 10.1. The number of carbonyl (C=O) groups is 5. The number of thiol groups is 1. The van der Waals surface area contributed by atoms with E-state index in [1.807, 2.05) is 11.6 Å². The monoisotopic (exact) mass is 454 g/mol. The first kappa shape index (κ1) is 27.0. The Labute approximate surface area is 176 Å². The number of carbonyl (C=O) groups excluding carboxylic acids is 3. The Morgan fingerprint density at radius 2 is 1.48 bits per heavy atom. The van der Waals surface area contributed by atoms with Crippen molar-refractivity contribution in [1.82, 2.24) is 16.0 Å². The predicted octanol–water partition coefficient (Wildman–Crippen LogP) is -3.00. The first-order chi connectivity index (χ1) is 13.6. The zero-order chi connectivity index (χ0) is 22.6. The summed E-state index contributed by atoms with van der Waals surface area (Å²) in [5, 5.41) is 33.5. The number of rotatable bonds is 14. The van der Waals surface area contributed by atoms with Crippen LogP contribution in [0, 0.1) is 0 Å². The number of nitrogens with two attached hydrogens (primary N) is 1. The molecule has 0 spiro atoms. The van der Waals surface area contributed by atoms with Gasteiger partial charge in [0, 0.05) is 5.75 Å². The van der Waals surface area contributed by atoms with Crippen molar-refractivity contribution in [3.63, 3.8) is 0 Å². The Kier molecular flexibility index (Phi) is 13.0. The van der Waals surface area contributed by atoms with Gasteiger partial charge in [0.1, 0.15) is 18.1 Å². The van der Waals surface area contributed by atoms with Crippen molar-refractivity contribution in [3.05, 3.63) is 0 Å². The summed E-state index contributed by atoms with van der Waals surface area (Å²) in [5.74, 6) is -5.20. The lowest BCUT2D eigenvalue weighted by Crippen LogP contribution is -2.58. The molecule has 4 atom stereocenters. The van der Waals surface area contributed by atoms with E-state index in [9.17, 15) is 29.1 Å². The van der Waals surface area contributed by atoms with Crippen LogP contribution in [0.1, 0.15) is 12.8 Å². The van der Waals surface area contributed by atoms with Crippen LogP contribution in [-0.2, 0) is 24.0 Å². The number of nitrogens with one attached hydrogen (secondary N) is 3. The standard InChI is InChI=1S/C15H26N4O8S2/c1-29-3-2-7(16)12(23)18-9(5-20)13(24)19-10(6-28)14(25)17-8(15(26)27)4-11(21)22/h7-10,20,28H,2-6,16H2,1H3,(H,17,25)(H,18,23)(H,19,24)(H,21,22)(H,26,27). The minimum atomic E-state index is -1.71. The van der Waals surface area contributed by atoms with E-state index in [2.05, 4.69) is 23.3 Å². The fourth-order valence-corrected chi connectivity index (χ4v) is 2.71. The second-order valence-electron chi connectivity index (χ2n) is 5.87. The number of thioether (sulfide) groups is 1. The van der Waals surface area contributed by atoms with Crippen molar-refractivity contribution in [1.29, 1.82) is 0 Å². The van der Waals surface area contributed by atoms with Gasteiger partial charge in [-0.1, -0.05) is 0 Å². The number of hydrogen-bond donors (Lipinski definition) is 8. The minimum Gasteiger partial charge on any atom is -0.481 e. The van der Waals surface area contributed by atoms with Crippen LogP contribution in [0.2, 0.25) is 0 Å². The molecule has 0 aliphatic carbocycles. The molecular weight excluding hydrogens is 428 g/mol. The Hall–Kier alpha value is -2.03. The van der Waals surface area contributed by atoms with Crippen LogP contribution in [0.15, 0.2) is 0 Å². The van der Waals surface area contributed by atoms with Crippen molar-refractivity contribution in [3.8, 4) is 0 Å². The first-order valence-corrected chi connectivity index (χ1v) is 10.4. The van der Waals surface area contributed by atoms with Gasteiger partial charge >= 0.3 is 11.9 Å². The molecule has 0 saturated heterocycles. The average Bonchev–Trinajstić information content (AvgIpc) is 2.66. The van der Waals surface area contributed by atoms with E-state index in [-0.39, 0.29) is 5.75 Å². The topological polar surface area (TPSA) is 208 Å². The summed E-state index contributed by atoms with van der Waals surface area (Å²) in [6.45, 7) is -0.773. The van der Waals surface area contributed by atoms with Gasteiger partial charge in [0.15, 0.2) is 0 Å². The number of aliphatic carboxylic acids is 2. The molecule has 0 aromatic rings. The van der Waals surface area contributed by atoms with Gasteiger partial charge in [0.2, 0.25) is 17.7 Å². The second-order valence-corrected chi connectivity index (χ2v) is 7.22. The Morgan fingerprint density at radius 1 is 0.966 bits per heavy atom. The number of carboxylic acid groups (broad SMARTS) is 2. The zero-order valence-corrected chi connectivity index (χ0v) is 17.4. The molecule has 0 bridgehead atoms. The fourth-order valence-electron chi connectivity index (χ4n) is 1.96. The molecule has 29 heavy (non-hydrogen) atoms. The molecule has 8 N–H and O–H groups in total. The molecule has 0 aliphatic heterocycles. The number of amides is 3. The lowest BCUT2D eigenvalue weighted by molar-refractivity contribution is -0.147. The fraction of sp³-hybridized carbons (Fsp3) is 0.667. The summed E-state index contributed by atoms with van der Waals surface area (Å²) in [6.07, 6.45) is 1.33. The third-order valence-corrected chi connectivity index (χ3v) is 4.60. The molecular formula is C15H26N4O8S2. The van der Waals surface area contributed by atoms with Gasteiger partial charge in [0.05, 0.1) is 19.1 Å². The van der Waals surface area contributed by atoms with Crippen molar-refractivity contribution < 1.29 is 39.3 Å². The quantitative estimate of drug-likeness (QED) is 0.125. The molecule has 0 heterocycles. The first-order valence-electron chi connectivity index (χ1n) is 8.39. The van der Waals surface area contributed by atoms with Gasteiger partial charge in [-0.2, -0.15) is 24.4 Å². The molecule has 0 aromatic carbocycles. The summed E-state index contributed by atoms with van der Waals surface area (Å²) in [4.78, 5) is 58.1. The SMILES string of the molecule is CSCCC(N)C(=O)NC(CO)C(=O)NC(CS)C(=O)NC(CC(=O)O)C(=O)O. The smallest absolute Gasteiger partial charge is 0.326 e. The molecule has 0 radical (unpaired) electrons. The van der Waals surface area contributed by atoms with Crippen LogP contribution in [0.5, 0.6) is 0 Å². The maximum Gasteiger partial charge on any atom is 0.326 e. The highest BCUT2D eigenvalue weighted by Crippen LogP contribution is 2.00. The molecule has 0 aliphatic rings. The van der Waals surface area contributed by atoms with Crippen molar-refractivity contribution in [2.75, 3.05) is 24.4 Å². The molecule has 3 amide bonds. The number of hydrogen-bond acceptors (Lipinski definition) is 9. The van der Waals surface area contributed by atoms with Crippen LogP contribution in [0.3, 0.4) is 0 Å². The second kappa shape index (κ2) is 14.0. The highest BCUT2D eigenvalue weighted by atomic mass is 32.2. The molecule has 0 aromatic heterocycles. The third kappa shape index (κ3) is 10.3. The molecule has 166 valence electrons. The zero-order valence-electron chi connectivity index (χ0n) is 15.7. The van der Waals surface area contributed by atoms with Gasteiger partial charge in [-0.3, -0.25) is 19.2 Å². The van der Waals surface area contributed by atoms with Crippen LogP contribution in [0.25, 0.3) is 0 Å². The Morgan fingerprint density at radius 3 is 1.93 bits per heavy atom. The number of aliphatic hydroxyl groups excluding tert-OH is 1. The Balaban J connectivity index is 4.95. The number of carboxylic acids is 2. The molecule has 0 saturated carbocycles. The summed E-state index contributed by atoms with van der Waals surface area (Å²) >= 11 is 5.38. The normalized spacial score (nSPS) is 14.8. The average molecular weight is 455 g/mol. The van der Waals surface area contributed by atoms with Crippen LogP contribution in [-0.4, -0.2) is 93.5 Å². The maximum atomic E-state index is 12.3. The molecule has 0 fully saturated rings. The van der Waals surface area contributed by atoms with Gasteiger partial charge < -0.3 is 37.0 Å². The minimum absolute atomic E-state index is 0.254. The van der Waals surface area contributed by atoms with E-state index in [0.717, 1.165) is 0 Å². The largest absolute Gasteiger partial charge is 0.481 e. The maximum absolute atomic E-state index is 12.3. The van der Waals surface area contributed by atoms with Crippen LogP contribution >= 0.6 is 24.4 Å². The highest BCUT2D eigenvalue weighted by molar-refractivity contribution is 7.98. The van der Waals surface area contributed by atoms with Gasteiger partial charge in [0.25, 0.3) is 0 Å². The Bertz CT molecular complexity index is 607. The van der Waals surface area contributed by atoms with Gasteiger partial charge in [-0.15, -0.1) is 0 Å². The van der Waals surface area contributed by atoms with E-state index in [0.29, 0.717) is 12.2 Å². The van der Waals surface area contributed by atoms with Crippen molar-refractivity contribution in [2.24, 2.45) is 5.73 Å².